The van der Waals surface area contributed by atoms with Crippen LogP contribution < -0.4 is 5.73 Å². The Bertz CT molecular complexity index is 321. The molecule has 1 aliphatic heterocycles. The SMILES string of the molecule is Nc1cccc(C2(F)CCCSC2)c1. The summed E-state index contributed by atoms with van der Waals surface area (Å²) in [6.07, 6.45) is 1.58. The highest BCUT2D eigenvalue weighted by Gasteiger charge is 2.33. The molecule has 1 nitrogen and oxygen atoms in total. The lowest BCUT2D eigenvalue weighted by Crippen LogP contribution is -2.27. The Hall–Kier alpha value is -0.700. The Morgan fingerprint density at radius 2 is 2.29 bits per heavy atom. The molecule has 2 rings (SSSR count). The number of nitrogen functional groups attached to an aromatic ring is 1. The number of hydrogen-bond donors (Lipinski definition) is 1. The summed E-state index contributed by atoms with van der Waals surface area (Å²) in [7, 11) is 0. The zero-order valence-electron chi connectivity index (χ0n) is 8.00. The van der Waals surface area contributed by atoms with E-state index in [2.05, 4.69) is 0 Å². The lowest BCUT2D eigenvalue weighted by molar-refractivity contribution is 0.178. The van der Waals surface area contributed by atoms with Gasteiger partial charge in [-0.05, 0) is 36.3 Å². The molecule has 1 unspecified atom stereocenters. The molecule has 0 saturated carbocycles. The molecule has 1 heterocycles. The third-order valence-electron chi connectivity index (χ3n) is 2.60. The number of thioether (sulfide) groups is 1. The molecule has 0 radical (unpaired) electrons. The van der Waals surface area contributed by atoms with Gasteiger partial charge in [0.1, 0.15) is 5.67 Å². The van der Waals surface area contributed by atoms with Gasteiger partial charge in [0.05, 0.1) is 0 Å². The van der Waals surface area contributed by atoms with Crippen LogP contribution in [-0.4, -0.2) is 11.5 Å². The fourth-order valence-electron chi connectivity index (χ4n) is 1.81. The summed E-state index contributed by atoms with van der Waals surface area (Å²) in [5.41, 5.74) is 5.88. The zero-order valence-corrected chi connectivity index (χ0v) is 8.82. The van der Waals surface area contributed by atoms with Crippen molar-refractivity contribution in [1.29, 1.82) is 0 Å². The van der Waals surface area contributed by atoms with Gasteiger partial charge in [0.15, 0.2) is 0 Å². The van der Waals surface area contributed by atoms with Crippen LogP contribution in [0.15, 0.2) is 24.3 Å². The highest BCUT2D eigenvalue weighted by Crippen LogP contribution is 2.39. The van der Waals surface area contributed by atoms with Crippen molar-refractivity contribution in [1.82, 2.24) is 0 Å². The minimum Gasteiger partial charge on any atom is -0.399 e. The topological polar surface area (TPSA) is 26.0 Å². The van der Waals surface area contributed by atoms with E-state index in [1.54, 1.807) is 23.9 Å². The number of nitrogens with two attached hydrogens (primary N) is 1. The first-order valence-electron chi connectivity index (χ1n) is 4.83. The first-order chi connectivity index (χ1) is 6.71. The van der Waals surface area contributed by atoms with Gasteiger partial charge in [0.25, 0.3) is 0 Å². The van der Waals surface area contributed by atoms with E-state index in [9.17, 15) is 4.39 Å². The summed E-state index contributed by atoms with van der Waals surface area (Å²) >= 11 is 1.69. The fraction of sp³-hybridized carbons (Fsp3) is 0.455. The monoisotopic (exact) mass is 211 g/mol. The summed E-state index contributed by atoms with van der Waals surface area (Å²) in [6.45, 7) is 0. The van der Waals surface area contributed by atoms with Crippen LogP contribution in [0.5, 0.6) is 0 Å². The van der Waals surface area contributed by atoms with Crippen LogP contribution in [0.1, 0.15) is 18.4 Å². The van der Waals surface area contributed by atoms with Gasteiger partial charge in [-0.3, -0.25) is 0 Å². The van der Waals surface area contributed by atoms with Crippen LogP contribution in [-0.2, 0) is 5.67 Å². The second-order valence-electron chi connectivity index (χ2n) is 3.75. The van der Waals surface area contributed by atoms with E-state index in [-0.39, 0.29) is 0 Å². The van der Waals surface area contributed by atoms with Crippen LogP contribution in [0.2, 0.25) is 0 Å². The lowest BCUT2D eigenvalue weighted by Gasteiger charge is -2.29. The minimum atomic E-state index is -1.15. The standard InChI is InChI=1S/C11H14FNS/c12-11(5-2-6-14-8-11)9-3-1-4-10(13)7-9/h1,3-4,7H,2,5-6,8,13H2. The molecule has 3 heteroatoms. The molecule has 1 aliphatic rings. The normalized spacial score (nSPS) is 27.5. The quantitative estimate of drug-likeness (QED) is 0.723. The van der Waals surface area contributed by atoms with E-state index in [4.69, 9.17) is 5.73 Å². The maximum atomic E-state index is 14.4. The van der Waals surface area contributed by atoms with Gasteiger partial charge in [0, 0.05) is 11.4 Å². The molecule has 0 spiro atoms. The predicted molar refractivity (Wildman–Crippen MR) is 60.2 cm³/mol. The molecule has 1 aromatic carbocycles. The molecule has 1 aromatic rings. The molecule has 0 aliphatic carbocycles. The average Bonchev–Trinajstić information content (AvgIpc) is 2.19. The number of alkyl halides is 1. The second-order valence-corrected chi connectivity index (χ2v) is 4.85. The molecule has 0 amide bonds. The zero-order chi connectivity index (χ0) is 10.0. The van der Waals surface area contributed by atoms with Crippen molar-refractivity contribution in [3.63, 3.8) is 0 Å². The molecule has 2 N–H and O–H groups in total. The number of halogens is 1. The van der Waals surface area contributed by atoms with Gasteiger partial charge in [-0.2, -0.15) is 11.8 Å². The predicted octanol–water partition coefficient (Wildman–Crippen LogP) is 2.96. The second kappa shape index (κ2) is 3.81. The molecule has 0 aromatic heterocycles. The summed E-state index contributed by atoms with van der Waals surface area (Å²) in [6, 6.07) is 7.21. The van der Waals surface area contributed by atoms with E-state index in [1.807, 2.05) is 12.1 Å². The van der Waals surface area contributed by atoms with Gasteiger partial charge in [-0.25, -0.2) is 4.39 Å². The highest BCUT2D eigenvalue weighted by atomic mass is 32.2. The number of hydrogen-bond acceptors (Lipinski definition) is 2. The molecule has 1 saturated heterocycles. The third kappa shape index (κ3) is 1.87. The first kappa shape index (κ1) is 9.84. The van der Waals surface area contributed by atoms with Crippen molar-refractivity contribution < 1.29 is 4.39 Å². The van der Waals surface area contributed by atoms with Crippen LogP contribution in [0.4, 0.5) is 10.1 Å². The maximum absolute atomic E-state index is 14.4. The Kier molecular flexibility index (Phi) is 2.68. The molecule has 0 bridgehead atoms. The van der Waals surface area contributed by atoms with E-state index in [1.165, 1.54) is 0 Å². The molecule has 1 atom stereocenters. The number of benzene rings is 1. The Morgan fingerprint density at radius 1 is 1.43 bits per heavy atom. The van der Waals surface area contributed by atoms with Gasteiger partial charge in [0.2, 0.25) is 0 Å². The molecule has 76 valence electrons. The summed E-state index contributed by atoms with van der Waals surface area (Å²) in [5, 5.41) is 0. The largest absolute Gasteiger partial charge is 0.399 e. The van der Waals surface area contributed by atoms with Gasteiger partial charge >= 0.3 is 0 Å². The van der Waals surface area contributed by atoms with Gasteiger partial charge in [-0.1, -0.05) is 12.1 Å². The van der Waals surface area contributed by atoms with Crippen molar-refractivity contribution >= 4 is 17.4 Å². The van der Waals surface area contributed by atoms with Gasteiger partial charge < -0.3 is 5.73 Å². The van der Waals surface area contributed by atoms with Crippen molar-refractivity contribution in [2.24, 2.45) is 0 Å². The Morgan fingerprint density at radius 3 is 2.93 bits per heavy atom. The fourth-order valence-corrected chi connectivity index (χ4v) is 2.93. The number of anilines is 1. The average molecular weight is 211 g/mol. The molecule has 1 fully saturated rings. The van der Waals surface area contributed by atoms with Crippen molar-refractivity contribution in [3.05, 3.63) is 29.8 Å². The molecular weight excluding hydrogens is 197 g/mol. The van der Waals surface area contributed by atoms with E-state index < -0.39 is 5.67 Å². The van der Waals surface area contributed by atoms with Crippen LogP contribution >= 0.6 is 11.8 Å². The van der Waals surface area contributed by atoms with Crippen molar-refractivity contribution in [2.45, 2.75) is 18.5 Å². The summed E-state index contributed by atoms with van der Waals surface area (Å²) in [5.74, 6) is 1.64. The molecular formula is C11H14FNS. The smallest absolute Gasteiger partial charge is 0.145 e. The highest BCUT2D eigenvalue weighted by molar-refractivity contribution is 7.99. The third-order valence-corrected chi connectivity index (χ3v) is 3.84. The Labute approximate surface area is 87.9 Å². The summed E-state index contributed by atoms with van der Waals surface area (Å²) in [4.78, 5) is 0. The minimum absolute atomic E-state index is 0.566. The van der Waals surface area contributed by atoms with E-state index in [0.717, 1.165) is 17.7 Å². The van der Waals surface area contributed by atoms with Crippen molar-refractivity contribution in [3.8, 4) is 0 Å². The van der Waals surface area contributed by atoms with Gasteiger partial charge in [-0.15, -0.1) is 0 Å². The van der Waals surface area contributed by atoms with Crippen molar-refractivity contribution in [2.75, 3.05) is 17.2 Å². The lowest BCUT2D eigenvalue weighted by atomic mass is 9.92. The Balaban J connectivity index is 2.28. The maximum Gasteiger partial charge on any atom is 0.145 e. The van der Waals surface area contributed by atoms with E-state index >= 15 is 0 Å². The van der Waals surface area contributed by atoms with Crippen LogP contribution in [0.25, 0.3) is 0 Å². The van der Waals surface area contributed by atoms with E-state index in [0.29, 0.717) is 17.9 Å². The first-order valence-corrected chi connectivity index (χ1v) is 5.99. The summed E-state index contributed by atoms with van der Waals surface area (Å²) < 4.78 is 14.4. The number of rotatable bonds is 1. The molecule has 14 heavy (non-hydrogen) atoms. The van der Waals surface area contributed by atoms with Crippen LogP contribution in [0, 0.1) is 0 Å². The van der Waals surface area contributed by atoms with Crippen LogP contribution in [0.3, 0.4) is 0 Å².